The van der Waals surface area contributed by atoms with Crippen LogP contribution in [0.4, 0.5) is 11.4 Å². The molecular weight excluding hydrogens is 292 g/mol. The second-order valence-electron chi connectivity index (χ2n) is 4.01. The van der Waals surface area contributed by atoms with Gasteiger partial charge in [-0.1, -0.05) is 13.8 Å². The maximum absolute atomic E-state index is 11.6. The number of hydrogen-bond acceptors (Lipinski definition) is 3. The molecule has 0 aliphatic rings. The highest BCUT2D eigenvalue weighted by atomic mass is 79.9. The van der Waals surface area contributed by atoms with Crippen LogP contribution in [0.15, 0.2) is 22.7 Å². The fourth-order valence-electron chi connectivity index (χ4n) is 1.27. The fourth-order valence-corrected chi connectivity index (χ4v) is 2.96. The lowest BCUT2D eigenvalue weighted by Gasteiger charge is -2.10. The van der Waals surface area contributed by atoms with Crippen LogP contribution in [0.2, 0.25) is 0 Å². The van der Waals surface area contributed by atoms with E-state index in [0.717, 1.165) is 4.47 Å². The molecule has 0 saturated carbocycles. The molecule has 0 bridgehead atoms. The number of sulfonamides is 1. The highest BCUT2D eigenvalue weighted by molar-refractivity contribution is 9.10. The van der Waals surface area contributed by atoms with Gasteiger partial charge in [0, 0.05) is 10.2 Å². The molecule has 0 heterocycles. The van der Waals surface area contributed by atoms with E-state index < -0.39 is 10.0 Å². The Labute approximate surface area is 104 Å². The Morgan fingerprint density at radius 3 is 2.56 bits per heavy atom. The summed E-state index contributed by atoms with van der Waals surface area (Å²) in [4.78, 5) is 0. The van der Waals surface area contributed by atoms with Gasteiger partial charge in [0.1, 0.15) is 0 Å². The van der Waals surface area contributed by atoms with Crippen molar-refractivity contribution < 1.29 is 8.42 Å². The van der Waals surface area contributed by atoms with E-state index in [1.54, 1.807) is 18.2 Å². The minimum Gasteiger partial charge on any atom is -0.398 e. The standard InChI is InChI=1S/C10H15BrN2O2S/c1-7(2)6-16(14,15)13-8-3-4-9(11)10(12)5-8/h3-5,7,13H,6,12H2,1-2H3. The Morgan fingerprint density at radius 2 is 2.06 bits per heavy atom. The summed E-state index contributed by atoms with van der Waals surface area (Å²) < 4.78 is 26.5. The minimum absolute atomic E-state index is 0.0882. The molecule has 1 aromatic rings. The van der Waals surface area contributed by atoms with Crippen LogP contribution in [-0.2, 0) is 10.0 Å². The van der Waals surface area contributed by atoms with Crippen LogP contribution in [0.25, 0.3) is 0 Å². The molecule has 0 radical (unpaired) electrons. The van der Waals surface area contributed by atoms with E-state index in [2.05, 4.69) is 20.7 Å². The number of hydrogen-bond donors (Lipinski definition) is 2. The summed E-state index contributed by atoms with van der Waals surface area (Å²) in [6.45, 7) is 3.71. The summed E-state index contributed by atoms with van der Waals surface area (Å²) in [5.74, 6) is 0.188. The molecule has 4 nitrogen and oxygen atoms in total. The second-order valence-corrected chi connectivity index (χ2v) is 6.63. The summed E-state index contributed by atoms with van der Waals surface area (Å²) in [6.07, 6.45) is 0. The highest BCUT2D eigenvalue weighted by Gasteiger charge is 2.13. The molecule has 0 unspecified atom stereocenters. The van der Waals surface area contributed by atoms with E-state index in [9.17, 15) is 8.42 Å². The molecule has 0 saturated heterocycles. The summed E-state index contributed by atoms with van der Waals surface area (Å²) in [6, 6.07) is 4.96. The van der Waals surface area contributed by atoms with Crippen molar-refractivity contribution in [3.63, 3.8) is 0 Å². The van der Waals surface area contributed by atoms with Gasteiger partial charge in [-0.3, -0.25) is 4.72 Å². The van der Waals surface area contributed by atoms with E-state index in [1.165, 1.54) is 0 Å². The number of rotatable bonds is 4. The first-order valence-electron chi connectivity index (χ1n) is 4.85. The number of nitrogen functional groups attached to an aromatic ring is 1. The van der Waals surface area contributed by atoms with Crippen molar-refractivity contribution in [2.45, 2.75) is 13.8 Å². The Kier molecular flexibility index (Phi) is 4.21. The normalized spacial score (nSPS) is 11.8. The number of halogens is 1. The number of anilines is 2. The quantitative estimate of drug-likeness (QED) is 0.839. The average molecular weight is 307 g/mol. The molecule has 16 heavy (non-hydrogen) atoms. The molecule has 0 aliphatic heterocycles. The molecule has 0 fully saturated rings. The molecule has 0 aliphatic carbocycles. The van der Waals surface area contributed by atoms with Crippen molar-refractivity contribution in [2.75, 3.05) is 16.2 Å². The highest BCUT2D eigenvalue weighted by Crippen LogP contribution is 2.23. The lowest BCUT2D eigenvalue weighted by atomic mass is 10.3. The largest absolute Gasteiger partial charge is 0.398 e. The lowest BCUT2D eigenvalue weighted by Crippen LogP contribution is -2.20. The molecule has 1 aromatic carbocycles. The summed E-state index contributed by atoms with van der Waals surface area (Å²) in [5, 5.41) is 0. The third-order valence-corrected chi connectivity index (χ3v) is 4.20. The van der Waals surface area contributed by atoms with Gasteiger partial charge in [0.05, 0.1) is 11.4 Å². The number of benzene rings is 1. The fraction of sp³-hybridized carbons (Fsp3) is 0.400. The van der Waals surface area contributed by atoms with Crippen molar-refractivity contribution >= 4 is 37.3 Å². The summed E-state index contributed by atoms with van der Waals surface area (Å²) >= 11 is 3.25. The Hall–Kier alpha value is -0.750. The van der Waals surface area contributed by atoms with Crippen molar-refractivity contribution in [3.8, 4) is 0 Å². The van der Waals surface area contributed by atoms with E-state index in [-0.39, 0.29) is 11.7 Å². The van der Waals surface area contributed by atoms with Gasteiger partial charge >= 0.3 is 0 Å². The molecule has 90 valence electrons. The zero-order chi connectivity index (χ0) is 12.3. The van der Waals surface area contributed by atoms with Gasteiger partial charge in [-0.2, -0.15) is 0 Å². The van der Waals surface area contributed by atoms with E-state index in [1.807, 2.05) is 13.8 Å². The third kappa shape index (κ3) is 4.02. The zero-order valence-electron chi connectivity index (χ0n) is 9.20. The van der Waals surface area contributed by atoms with Crippen LogP contribution >= 0.6 is 15.9 Å². The van der Waals surface area contributed by atoms with Crippen molar-refractivity contribution in [2.24, 2.45) is 5.92 Å². The second kappa shape index (κ2) is 5.05. The van der Waals surface area contributed by atoms with Crippen molar-refractivity contribution in [3.05, 3.63) is 22.7 Å². The van der Waals surface area contributed by atoms with Crippen LogP contribution < -0.4 is 10.5 Å². The molecule has 0 atom stereocenters. The molecule has 1 rings (SSSR count). The van der Waals surface area contributed by atoms with Gasteiger partial charge in [-0.25, -0.2) is 8.42 Å². The van der Waals surface area contributed by atoms with Gasteiger partial charge in [-0.15, -0.1) is 0 Å². The molecule has 6 heteroatoms. The molecule has 0 aromatic heterocycles. The smallest absolute Gasteiger partial charge is 0.232 e. The zero-order valence-corrected chi connectivity index (χ0v) is 11.6. The molecule has 0 amide bonds. The van der Waals surface area contributed by atoms with E-state index in [4.69, 9.17) is 5.73 Å². The van der Waals surface area contributed by atoms with Crippen LogP contribution in [0, 0.1) is 5.92 Å². The van der Waals surface area contributed by atoms with E-state index >= 15 is 0 Å². The Balaban J connectivity index is 2.84. The molecular formula is C10H15BrN2O2S. The molecule has 0 spiro atoms. The monoisotopic (exact) mass is 306 g/mol. The average Bonchev–Trinajstić information content (AvgIpc) is 2.08. The topological polar surface area (TPSA) is 72.2 Å². The first-order chi connectivity index (χ1) is 7.30. The van der Waals surface area contributed by atoms with Crippen LogP contribution in [0.5, 0.6) is 0 Å². The van der Waals surface area contributed by atoms with Gasteiger partial charge < -0.3 is 5.73 Å². The van der Waals surface area contributed by atoms with E-state index in [0.29, 0.717) is 11.4 Å². The predicted octanol–water partition coefficient (Wildman–Crippen LogP) is 2.43. The summed E-state index contributed by atoms with van der Waals surface area (Å²) in [7, 11) is -3.28. The van der Waals surface area contributed by atoms with Gasteiger partial charge in [0.15, 0.2) is 0 Å². The lowest BCUT2D eigenvalue weighted by molar-refractivity contribution is 0.587. The van der Waals surface area contributed by atoms with Crippen molar-refractivity contribution in [1.29, 1.82) is 0 Å². The van der Waals surface area contributed by atoms with Gasteiger partial charge in [-0.05, 0) is 40.0 Å². The third-order valence-electron chi connectivity index (χ3n) is 1.82. The number of nitrogens with two attached hydrogens (primary N) is 1. The summed E-state index contributed by atoms with van der Waals surface area (Å²) in [5.41, 5.74) is 6.65. The van der Waals surface area contributed by atoms with Crippen LogP contribution in [0.3, 0.4) is 0 Å². The minimum atomic E-state index is -3.28. The maximum atomic E-state index is 11.6. The first kappa shape index (κ1) is 13.3. The Morgan fingerprint density at radius 1 is 1.44 bits per heavy atom. The van der Waals surface area contributed by atoms with Gasteiger partial charge in [0.25, 0.3) is 0 Å². The predicted molar refractivity (Wildman–Crippen MR) is 70.8 cm³/mol. The van der Waals surface area contributed by atoms with Gasteiger partial charge in [0.2, 0.25) is 10.0 Å². The van der Waals surface area contributed by atoms with Crippen molar-refractivity contribution in [1.82, 2.24) is 0 Å². The number of nitrogens with one attached hydrogen (secondary N) is 1. The van der Waals surface area contributed by atoms with Crippen LogP contribution in [-0.4, -0.2) is 14.2 Å². The van der Waals surface area contributed by atoms with Crippen LogP contribution in [0.1, 0.15) is 13.8 Å². The molecule has 3 N–H and O–H groups in total. The first-order valence-corrected chi connectivity index (χ1v) is 7.30. The SMILES string of the molecule is CC(C)CS(=O)(=O)Nc1ccc(Br)c(N)c1. The maximum Gasteiger partial charge on any atom is 0.232 e. The Bertz CT molecular complexity index is 472.